The summed E-state index contributed by atoms with van der Waals surface area (Å²) in [7, 11) is 1.28. The van der Waals surface area contributed by atoms with Crippen LogP contribution in [0.5, 0.6) is 0 Å². The second kappa shape index (κ2) is 10.4. The number of methoxy groups -OCH3 is 1. The minimum absolute atomic E-state index is 0.0217. The van der Waals surface area contributed by atoms with E-state index in [1.165, 1.54) is 19.2 Å². The average molecular weight is 411 g/mol. The number of nitro benzene ring substituents is 1. The molecule has 1 aromatic carbocycles. The molecule has 28 heavy (non-hydrogen) atoms. The van der Waals surface area contributed by atoms with E-state index >= 15 is 0 Å². The van der Waals surface area contributed by atoms with Crippen molar-refractivity contribution in [1.82, 2.24) is 5.32 Å². The molecule has 154 valence electrons. The monoisotopic (exact) mass is 410 g/mol. The summed E-state index contributed by atoms with van der Waals surface area (Å²) in [6, 6.07) is 5.12. The quantitative estimate of drug-likeness (QED) is 0.208. The van der Waals surface area contributed by atoms with Gasteiger partial charge in [-0.25, -0.2) is 4.79 Å². The van der Waals surface area contributed by atoms with Gasteiger partial charge in [0.15, 0.2) is 0 Å². The number of nitrogens with zero attached hydrogens (tertiary/aromatic N) is 1. The summed E-state index contributed by atoms with van der Waals surface area (Å²) in [6.45, 7) is 0. The van der Waals surface area contributed by atoms with Crippen LogP contribution in [0.1, 0.15) is 50.5 Å². The van der Waals surface area contributed by atoms with Gasteiger partial charge in [0.25, 0.3) is 5.69 Å². The third kappa shape index (κ3) is 5.67. The van der Waals surface area contributed by atoms with Crippen LogP contribution in [0.3, 0.4) is 0 Å². The maximum absolute atomic E-state index is 13.1. The molecule has 0 unspecified atom stereocenters. The van der Waals surface area contributed by atoms with Crippen molar-refractivity contribution in [2.24, 2.45) is 5.41 Å². The van der Waals surface area contributed by atoms with Gasteiger partial charge >= 0.3 is 5.97 Å². The van der Waals surface area contributed by atoms with Crippen molar-refractivity contribution in [2.75, 3.05) is 13.0 Å². The van der Waals surface area contributed by atoms with Gasteiger partial charge in [0.2, 0.25) is 5.91 Å². The predicted molar refractivity (Wildman–Crippen MR) is 106 cm³/mol. The summed E-state index contributed by atoms with van der Waals surface area (Å²) in [5.41, 5.74) is 0.240. The molecule has 0 radical (unpaired) electrons. The van der Waals surface area contributed by atoms with Crippen LogP contribution in [0.2, 0.25) is 0 Å². The van der Waals surface area contributed by atoms with E-state index in [2.05, 4.69) is 5.32 Å². The Kier molecular flexibility index (Phi) is 8.23. The highest BCUT2D eigenvalue weighted by Gasteiger charge is 2.41. The van der Waals surface area contributed by atoms with Crippen LogP contribution in [0.25, 0.3) is 0 Å². The summed E-state index contributed by atoms with van der Waals surface area (Å²) in [5, 5.41) is 13.7. The number of alkyl halides is 1. The predicted octanol–water partition coefficient (Wildman–Crippen LogP) is 3.76. The van der Waals surface area contributed by atoms with Crippen molar-refractivity contribution in [2.45, 2.75) is 57.4 Å². The van der Waals surface area contributed by atoms with Crippen LogP contribution in [-0.4, -0.2) is 35.8 Å². The molecule has 1 N–H and O–H groups in total. The zero-order valence-electron chi connectivity index (χ0n) is 16.1. The third-order valence-electron chi connectivity index (χ3n) is 5.46. The number of ether oxygens (including phenoxy) is 1. The number of hydrogen-bond donors (Lipinski definition) is 1. The van der Waals surface area contributed by atoms with Gasteiger partial charge in [-0.2, -0.15) is 0 Å². The lowest BCUT2D eigenvalue weighted by Gasteiger charge is -2.30. The number of rotatable bonds is 10. The highest BCUT2D eigenvalue weighted by Crippen LogP contribution is 2.42. The Morgan fingerprint density at radius 1 is 1.25 bits per heavy atom. The number of esters is 1. The standard InChI is InChI=1S/C20H27ClN2O5/c1-28-18(24)17(14-15-6-8-16(9-7-15)23(26)27)22-19(25)20(10-2-3-11-20)12-4-5-13-21/h6-9,17H,2-5,10-14H2,1H3,(H,22,25)/t17-/m0/s1. The molecule has 1 aliphatic carbocycles. The van der Waals surface area contributed by atoms with Crippen LogP contribution in [0.4, 0.5) is 5.69 Å². The van der Waals surface area contributed by atoms with Crippen molar-refractivity contribution < 1.29 is 19.2 Å². The van der Waals surface area contributed by atoms with E-state index in [-0.39, 0.29) is 18.0 Å². The normalized spacial score (nSPS) is 16.4. The van der Waals surface area contributed by atoms with Crippen molar-refractivity contribution >= 4 is 29.2 Å². The highest BCUT2D eigenvalue weighted by molar-refractivity contribution is 6.17. The van der Waals surface area contributed by atoms with Crippen LogP contribution in [0.15, 0.2) is 24.3 Å². The molecule has 8 heteroatoms. The van der Waals surface area contributed by atoms with E-state index < -0.39 is 22.3 Å². The van der Waals surface area contributed by atoms with Gasteiger partial charge in [-0.15, -0.1) is 11.6 Å². The van der Waals surface area contributed by atoms with Crippen molar-refractivity contribution in [1.29, 1.82) is 0 Å². The molecule has 0 heterocycles. The fourth-order valence-corrected chi connectivity index (χ4v) is 4.03. The molecular weight excluding hydrogens is 384 g/mol. The fourth-order valence-electron chi connectivity index (χ4n) is 3.84. The molecular formula is C20H27ClN2O5. The zero-order valence-corrected chi connectivity index (χ0v) is 16.9. The summed E-state index contributed by atoms with van der Waals surface area (Å²) in [6.07, 6.45) is 6.34. The molecule has 0 bridgehead atoms. The maximum Gasteiger partial charge on any atom is 0.328 e. The first-order chi connectivity index (χ1) is 13.4. The minimum atomic E-state index is -0.829. The lowest BCUT2D eigenvalue weighted by atomic mass is 9.80. The Morgan fingerprint density at radius 3 is 2.43 bits per heavy atom. The topological polar surface area (TPSA) is 98.5 Å². The first-order valence-electron chi connectivity index (χ1n) is 9.60. The SMILES string of the molecule is COC(=O)[C@H](Cc1ccc([N+](=O)[O-])cc1)NC(=O)C1(CCCCCl)CCCC1. The second-order valence-electron chi connectivity index (χ2n) is 7.31. The van der Waals surface area contributed by atoms with Gasteiger partial charge in [0.1, 0.15) is 6.04 Å². The Bertz CT molecular complexity index is 686. The van der Waals surface area contributed by atoms with E-state index in [0.717, 1.165) is 44.9 Å². The van der Waals surface area contributed by atoms with Crippen LogP contribution in [-0.2, 0) is 20.7 Å². The Morgan fingerprint density at radius 2 is 1.89 bits per heavy atom. The fraction of sp³-hybridized carbons (Fsp3) is 0.600. The van der Waals surface area contributed by atoms with Crippen LogP contribution >= 0.6 is 11.6 Å². The minimum Gasteiger partial charge on any atom is -0.467 e. The molecule has 1 saturated carbocycles. The number of non-ortho nitro benzene ring substituents is 1. The number of unbranched alkanes of at least 4 members (excludes halogenated alkanes) is 1. The molecule has 0 aliphatic heterocycles. The first-order valence-corrected chi connectivity index (χ1v) is 10.1. The van der Waals surface area contributed by atoms with Crippen molar-refractivity contribution in [3.05, 3.63) is 39.9 Å². The van der Waals surface area contributed by atoms with Gasteiger partial charge in [0, 0.05) is 29.8 Å². The molecule has 1 atom stereocenters. The number of carbonyl (C=O) groups excluding carboxylic acids is 2. The zero-order chi connectivity index (χ0) is 20.6. The molecule has 1 aromatic rings. The Hall–Kier alpha value is -2.15. The largest absolute Gasteiger partial charge is 0.467 e. The van der Waals surface area contributed by atoms with Gasteiger partial charge in [-0.1, -0.05) is 31.4 Å². The van der Waals surface area contributed by atoms with E-state index in [1.54, 1.807) is 12.1 Å². The number of carbonyl (C=O) groups is 2. The second-order valence-corrected chi connectivity index (χ2v) is 7.69. The van der Waals surface area contributed by atoms with E-state index in [0.29, 0.717) is 11.4 Å². The number of amides is 1. The molecule has 1 amide bonds. The molecule has 0 saturated heterocycles. The lowest BCUT2D eigenvalue weighted by Crippen LogP contribution is -2.49. The van der Waals surface area contributed by atoms with Crippen molar-refractivity contribution in [3.8, 4) is 0 Å². The van der Waals surface area contributed by atoms with Crippen LogP contribution < -0.4 is 5.32 Å². The van der Waals surface area contributed by atoms with Crippen LogP contribution in [0, 0.1) is 15.5 Å². The van der Waals surface area contributed by atoms with E-state index in [1.807, 2.05) is 0 Å². The molecule has 0 spiro atoms. The van der Waals surface area contributed by atoms with E-state index in [9.17, 15) is 19.7 Å². The van der Waals surface area contributed by atoms with Gasteiger partial charge in [-0.3, -0.25) is 14.9 Å². The smallest absolute Gasteiger partial charge is 0.328 e. The molecule has 2 rings (SSSR count). The maximum atomic E-state index is 13.1. The average Bonchev–Trinajstić information content (AvgIpc) is 3.17. The van der Waals surface area contributed by atoms with Gasteiger partial charge in [-0.05, 0) is 31.2 Å². The number of nitro groups is 1. The molecule has 0 aromatic heterocycles. The Labute approximate surface area is 169 Å². The number of benzene rings is 1. The van der Waals surface area contributed by atoms with E-state index in [4.69, 9.17) is 16.3 Å². The summed E-state index contributed by atoms with van der Waals surface area (Å²) < 4.78 is 4.86. The third-order valence-corrected chi connectivity index (χ3v) is 5.73. The van der Waals surface area contributed by atoms with Gasteiger partial charge < -0.3 is 10.1 Å². The lowest BCUT2D eigenvalue weighted by molar-refractivity contribution is -0.384. The summed E-state index contributed by atoms with van der Waals surface area (Å²) >= 11 is 5.77. The van der Waals surface area contributed by atoms with Crippen molar-refractivity contribution in [3.63, 3.8) is 0 Å². The molecule has 1 aliphatic rings. The Balaban J connectivity index is 2.10. The summed E-state index contributed by atoms with van der Waals surface area (Å²) in [4.78, 5) is 35.6. The summed E-state index contributed by atoms with van der Waals surface area (Å²) in [5.74, 6) is -0.0692. The first kappa shape index (κ1) is 22.1. The highest BCUT2D eigenvalue weighted by atomic mass is 35.5. The molecule has 1 fully saturated rings. The molecule has 7 nitrogen and oxygen atoms in total. The number of halogens is 1. The number of hydrogen-bond acceptors (Lipinski definition) is 5. The van der Waals surface area contributed by atoms with Gasteiger partial charge in [0.05, 0.1) is 12.0 Å². The number of nitrogens with one attached hydrogen (secondary N) is 1.